The average molecular weight is 262 g/mol. The van der Waals surface area contributed by atoms with E-state index in [4.69, 9.17) is 22.1 Å². The molecule has 0 saturated carbocycles. The van der Waals surface area contributed by atoms with Gasteiger partial charge in [0.25, 0.3) is 0 Å². The minimum absolute atomic E-state index is 0.363. The molecule has 0 heterocycles. The van der Waals surface area contributed by atoms with Gasteiger partial charge < -0.3 is 10.5 Å². The smallest absolute Gasteiger partial charge is 0.133 e. The Morgan fingerprint density at radius 1 is 1.11 bits per heavy atom. The third-order valence-corrected chi connectivity index (χ3v) is 3.19. The van der Waals surface area contributed by atoms with Crippen LogP contribution in [0, 0.1) is 0 Å². The summed E-state index contributed by atoms with van der Waals surface area (Å²) in [7, 11) is 0. The zero-order valence-corrected chi connectivity index (χ0v) is 11.1. The van der Waals surface area contributed by atoms with E-state index in [1.54, 1.807) is 0 Å². The summed E-state index contributed by atoms with van der Waals surface area (Å²) in [4.78, 5) is 0. The number of ether oxygens (including phenoxy) is 1. The largest absolute Gasteiger partial charge is 0.457 e. The molecule has 0 unspecified atom stereocenters. The number of benzene rings is 2. The van der Waals surface area contributed by atoms with E-state index in [0.717, 1.165) is 17.7 Å². The molecule has 0 aromatic heterocycles. The minimum atomic E-state index is 0.363. The molecule has 2 nitrogen and oxygen atoms in total. The van der Waals surface area contributed by atoms with Crippen LogP contribution >= 0.6 is 11.6 Å². The highest BCUT2D eigenvalue weighted by Crippen LogP contribution is 2.30. The number of aryl methyl sites for hydroxylation is 1. The van der Waals surface area contributed by atoms with E-state index >= 15 is 0 Å². The molecule has 0 aliphatic heterocycles. The molecule has 0 bridgehead atoms. The van der Waals surface area contributed by atoms with Crippen molar-refractivity contribution >= 4 is 11.6 Å². The predicted octanol–water partition coefficient (Wildman–Crippen LogP) is 4.15. The lowest BCUT2D eigenvalue weighted by molar-refractivity contribution is 0.476. The fourth-order valence-corrected chi connectivity index (χ4v) is 2.00. The van der Waals surface area contributed by atoms with E-state index in [2.05, 4.69) is 19.1 Å². The lowest BCUT2D eigenvalue weighted by Crippen LogP contribution is -2.00. The van der Waals surface area contributed by atoms with E-state index in [1.165, 1.54) is 5.56 Å². The van der Waals surface area contributed by atoms with Gasteiger partial charge in [-0.3, -0.25) is 0 Å². The summed E-state index contributed by atoms with van der Waals surface area (Å²) in [5.74, 6) is 1.51. The molecule has 0 aliphatic rings. The second-order valence-electron chi connectivity index (χ2n) is 4.02. The van der Waals surface area contributed by atoms with Gasteiger partial charge in [-0.1, -0.05) is 36.7 Å². The molecular weight excluding hydrogens is 246 g/mol. The van der Waals surface area contributed by atoms with Crippen molar-refractivity contribution < 1.29 is 4.74 Å². The Balaban J connectivity index is 2.25. The maximum Gasteiger partial charge on any atom is 0.133 e. The number of rotatable bonds is 4. The molecule has 2 aromatic carbocycles. The molecule has 0 fully saturated rings. The summed E-state index contributed by atoms with van der Waals surface area (Å²) in [6.07, 6.45) is 1.02. The van der Waals surface area contributed by atoms with E-state index in [9.17, 15) is 0 Å². The van der Waals surface area contributed by atoms with Gasteiger partial charge in [-0.25, -0.2) is 0 Å². The van der Waals surface area contributed by atoms with E-state index in [0.29, 0.717) is 17.3 Å². The maximum atomic E-state index is 6.08. The molecule has 0 amide bonds. The average Bonchev–Trinajstić information content (AvgIpc) is 2.40. The highest BCUT2D eigenvalue weighted by Gasteiger charge is 2.07. The summed E-state index contributed by atoms with van der Waals surface area (Å²) in [5.41, 5.74) is 7.80. The Labute approximate surface area is 112 Å². The summed E-state index contributed by atoms with van der Waals surface area (Å²) >= 11 is 6.08. The fraction of sp³-hybridized carbons (Fsp3) is 0.200. The van der Waals surface area contributed by atoms with Gasteiger partial charge in [-0.15, -0.1) is 0 Å². The van der Waals surface area contributed by atoms with Gasteiger partial charge in [0.1, 0.15) is 11.5 Å². The SMILES string of the molecule is CCc1ccc(Oc2cccc(Cl)c2CN)cc1. The fourth-order valence-electron chi connectivity index (χ4n) is 1.75. The van der Waals surface area contributed by atoms with Crippen molar-refractivity contribution in [2.45, 2.75) is 19.9 Å². The van der Waals surface area contributed by atoms with Gasteiger partial charge >= 0.3 is 0 Å². The Hall–Kier alpha value is -1.51. The Morgan fingerprint density at radius 2 is 1.83 bits per heavy atom. The van der Waals surface area contributed by atoms with E-state index in [1.807, 2.05) is 30.3 Å². The van der Waals surface area contributed by atoms with Crippen LogP contribution in [0.15, 0.2) is 42.5 Å². The summed E-state index contributed by atoms with van der Waals surface area (Å²) in [5, 5.41) is 0.639. The monoisotopic (exact) mass is 261 g/mol. The number of hydrogen-bond acceptors (Lipinski definition) is 2. The van der Waals surface area contributed by atoms with Crippen molar-refractivity contribution in [3.8, 4) is 11.5 Å². The summed E-state index contributed by atoms with van der Waals surface area (Å²) in [6.45, 7) is 2.49. The zero-order valence-electron chi connectivity index (χ0n) is 10.3. The van der Waals surface area contributed by atoms with E-state index < -0.39 is 0 Å². The van der Waals surface area contributed by atoms with Crippen LogP contribution in [0.1, 0.15) is 18.1 Å². The maximum absolute atomic E-state index is 6.08. The van der Waals surface area contributed by atoms with Crippen molar-refractivity contribution in [2.75, 3.05) is 0 Å². The minimum Gasteiger partial charge on any atom is -0.457 e. The van der Waals surface area contributed by atoms with Crippen LogP contribution in [0.4, 0.5) is 0 Å². The molecule has 2 N–H and O–H groups in total. The quantitative estimate of drug-likeness (QED) is 0.897. The van der Waals surface area contributed by atoms with Gasteiger partial charge in [-0.05, 0) is 36.2 Å². The Bertz CT molecular complexity index is 523. The number of hydrogen-bond donors (Lipinski definition) is 1. The third kappa shape index (κ3) is 2.84. The first-order valence-electron chi connectivity index (χ1n) is 5.99. The van der Waals surface area contributed by atoms with E-state index in [-0.39, 0.29) is 0 Å². The molecule has 3 heteroatoms. The molecule has 0 atom stereocenters. The van der Waals surface area contributed by atoms with Crippen LogP contribution in [-0.2, 0) is 13.0 Å². The molecule has 94 valence electrons. The van der Waals surface area contributed by atoms with Crippen molar-refractivity contribution in [2.24, 2.45) is 5.73 Å². The molecule has 0 saturated heterocycles. The highest BCUT2D eigenvalue weighted by atomic mass is 35.5. The van der Waals surface area contributed by atoms with Gasteiger partial charge in [0, 0.05) is 17.1 Å². The lowest BCUT2D eigenvalue weighted by atomic mass is 10.1. The summed E-state index contributed by atoms with van der Waals surface area (Å²) in [6, 6.07) is 13.6. The van der Waals surface area contributed by atoms with Crippen LogP contribution in [0.25, 0.3) is 0 Å². The van der Waals surface area contributed by atoms with Gasteiger partial charge in [-0.2, -0.15) is 0 Å². The first-order chi connectivity index (χ1) is 8.74. The number of halogens is 1. The first-order valence-corrected chi connectivity index (χ1v) is 6.36. The van der Waals surface area contributed by atoms with Crippen LogP contribution < -0.4 is 10.5 Å². The normalized spacial score (nSPS) is 10.4. The van der Waals surface area contributed by atoms with Crippen LogP contribution in [0.2, 0.25) is 5.02 Å². The van der Waals surface area contributed by atoms with Crippen molar-refractivity contribution in [1.29, 1.82) is 0 Å². The summed E-state index contributed by atoms with van der Waals surface area (Å²) < 4.78 is 5.82. The zero-order chi connectivity index (χ0) is 13.0. The first kappa shape index (κ1) is 12.9. The van der Waals surface area contributed by atoms with Crippen LogP contribution in [-0.4, -0.2) is 0 Å². The lowest BCUT2D eigenvalue weighted by Gasteiger charge is -2.11. The Kier molecular flexibility index (Phi) is 4.24. The standard InChI is InChI=1S/C15H16ClNO/c1-2-11-6-8-12(9-7-11)18-15-5-3-4-14(16)13(15)10-17/h3-9H,2,10,17H2,1H3. The molecule has 0 aliphatic carbocycles. The number of nitrogens with two attached hydrogens (primary N) is 1. The second-order valence-corrected chi connectivity index (χ2v) is 4.43. The Morgan fingerprint density at radius 3 is 2.44 bits per heavy atom. The molecule has 0 radical (unpaired) electrons. The molecule has 2 aromatic rings. The molecule has 18 heavy (non-hydrogen) atoms. The molecular formula is C15H16ClNO. The predicted molar refractivity (Wildman–Crippen MR) is 75.2 cm³/mol. The van der Waals surface area contributed by atoms with Gasteiger partial charge in [0.05, 0.1) is 0 Å². The second kappa shape index (κ2) is 5.89. The van der Waals surface area contributed by atoms with Crippen molar-refractivity contribution in [3.05, 3.63) is 58.6 Å². The molecule has 2 rings (SSSR count). The van der Waals surface area contributed by atoms with Crippen molar-refractivity contribution in [3.63, 3.8) is 0 Å². The highest BCUT2D eigenvalue weighted by molar-refractivity contribution is 6.31. The van der Waals surface area contributed by atoms with Crippen molar-refractivity contribution in [1.82, 2.24) is 0 Å². The van der Waals surface area contributed by atoms with Gasteiger partial charge in [0.15, 0.2) is 0 Å². The van der Waals surface area contributed by atoms with Crippen LogP contribution in [0.3, 0.4) is 0 Å². The van der Waals surface area contributed by atoms with Crippen LogP contribution in [0.5, 0.6) is 11.5 Å². The third-order valence-electron chi connectivity index (χ3n) is 2.84. The molecule has 0 spiro atoms. The topological polar surface area (TPSA) is 35.2 Å². The van der Waals surface area contributed by atoms with Gasteiger partial charge in [0.2, 0.25) is 0 Å².